The van der Waals surface area contributed by atoms with E-state index < -0.39 is 11.8 Å². The van der Waals surface area contributed by atoms with E-state index in [1.54, 1.807) is 22.8 Å². The van der Waals surface area contributed by atoms with Crippen molar-refractivity contribution in [1.29, 1.82) is 0 Å². The summed E-state index contributed by atoms with van der Waals surface area (Å²) >= 11 is 3.33. The van der Waals surface area contributed by atoms with Gasteiger partial charge in [0.15, 0.2) is 17.7 Å². The first-order chi connectivity index (χ1) is 13.5. The Kier molecular flexibility index (Phi) is 5.03. The molecule has 1 aromatic carbocycles. The summed E-state index contributed by atoms with van der Waals surface area (Å²) in [6.07, 6.45) is 1.16. The maximum absolute atomic E-state index is 13.3. The molecule has 1 amide bonds. The Morgan fingerprint density at radius 1 is 1.25 bits per heavy atom. The average Bonchev–Trinajstić information content (AvgIpc) is 2.67. The maximum Gasteiger partial charge on any atom is 0.276 e. The molecule has 1 unspecified atom stereocenters. The van der Waals surface area contributed by atoms with Crippen molar-refractivity contribution in [1.82, 2.24) is 9.47 Å². The zero-order valence-electron chi connectivity index (χ0n) is 15.7. The van der Waals surface area contributed by atoms with Crippen LogP contribution in [0.25, 0.3) is 0 Å². The van der Waals surface area contributed by atoms with Gasteiger partial charge in [-0.1, -0.05) is 30.3 Å². The fourth-order valence-electron chi connectivity index (χ4n) is 3.88. The third-order valence-electron chi connectivity index (χ3n) is 5.30. The highest BCUT2D eigenvalue weighted by Crippen LogP contribution is 2.41. The first-order valence-electron chi connectivity index (χ1n) is 9.07. The first kappa shape index (κ1) is 19.2. The van der Waals surface area contributed by atoms with Crippen LogP contribution in [0.15, 0.2) is 45.8 Å². The van der Waals surface area contributed by atoms with Crippen LogP contribution >= 0.6 is 15.9 Å². The van der Waals surface area contributed by atoms with E-state index in [-0.39, 0.29) is 29.4 Å². The van der Waals surface area contributed by atoms with Crippen molar-refractivity contribution in [3.63, 3.8) is 0 Å². The lowest BCUT2D eigenvalue weighted by Crippen LogP contribution is -2.70. The first-order valence-corrected chi connectivity index (χ1v) is 9.86. The number of halogens is 1. The van der Waals surface area contributed by atoms with Crippen LogP contribution in [0.5, 0.6) is 5.75 Å². The molecule has 2 aliphatic rings. The van der Waals surface area contributed by atoms with Crippen LogP contribution in [0, 0.1) is 0 Å². The fourth-order valence-corrected chi connectivity index (χ4v) is 4.26. The molecule has 2 aliphatic heterocycles. The summed E-state index contributed by atoms with van der Waals surface area (Å²) in [5.74, 6) is -0.248. The van der Waals surface area contributed by atoms with Crippen molar-refractivity contribution in [3.05, 3.63) is 62.5 Å². The maximum atomic E-state index is 13.3. The van der Waals surface area contributed by atoms with E-state index in [2.05, 4.69) is 15.9 Å². The van der Waals surface area contributed by atoms with Crippen LogP contribution in [-0.2, 0) is 21.6 Å². The molecule has 1 spiro atoms. The summed E-state index contributed by atoms with van der Waals surface area (Å²) in [7, 11) is 1.58. The number of hydrogen-bond acceptors (Lipinski definition) is 5. The molecule has 0 bridgehead atoms. The number of nitrogens with zero attached hydrogens (tertiary/aromatic N) is 2. The van der Waals surface area contributed by atoms with E-state index in [4.69, 9.17) is 14.2 Å². The van der Waals surface area contributed by atoms with Crippen LogP contribution in [0.1, 0.15) is 23.0 Å². The van der Waals surface area contributed by atoms with Gasteiger partial charge in [-0.3, -0.25) is 9.59 Å². The molecule has 148 valence electrons. The van der Waals surface area contributed by atoms with E-state index in [0.717, 1.165) is 5.56 Å². The third-order valence-corrected chi connectivity index (χ3v) is 5.87. The Hall–Kier alpha value is -2.16. The monoisotopic (exact) mass is 448 g/mol. The van der Waals surface area contributed by atoms with E-state index in [1.165, 1.54) is 0 Å². The molecule has 1 fully saturated rings. The molecule has 28 heavy (non-hydrogen) atoms. The number of aromatic nitrogens is 1. The van der Waals surface area contributed by atoms with Crippen molar-refractivity contribution in [3.8, 4) is 5.75 Å². The van der Waals surface area contributed by atoms with Crippen LogP contribution in [0.2, 0.25) is 0 Å². The summed E-state index contributed by atoms with van der Waals surface area (Å²) in [6, 6.07) is 9.52. The number of carbonyl (C=O) groups is 1. The van der Waals surface area contributed by atoms with Crippen molar-refractivity contribution >= 4 is 21.8 Å². The largest absolute Gasteiger partial charge is 0.483 e. The molecular formula is C20H21BrN2O5. The Morgan fingerprint density at radius 2 is 1.96 bits per heavy atom. The quantitative estimate of drug-likeness (QED) is 0.701. The lowest BCUT2D eigenvalue weighted by atomic mass is 9.89. The molecule has 0 N–H and O–H groups in total. The van der Waals surface area contributed by atoms with Crippen LogP contribution in [0.4, 0.5) is 0 Å². The highest BCUT2D eigenvalue weighted by Gasteiger charge is 2.56. The SMILES string of the molecule is CCN1C(=O)c2c(OCc3ccccc3)c(=O)c(Br)cn2C2(COC2)C1OC. The summed E-state index contributed by atoms with van der Waals surface area (Å²) in [5.41, 5.74) is 0.211. The predicted octanol–water partition coefficient (Wildman–Crippen LogP) is 2.36. The van der Waals surface area contributed by atoms with Crippen molar-refractivity contribution in [2.75, 3.05) is 26.9 Å². The van der Waals surface area contributed by atoms with E-state index in [9.17, 15) is 9.59 Å². The van der Waals surface area contributed by atoms with Gasteiger partial charge in [-0.25, -0.2) is 0 Å². The number of benzene rings is 1. The molecule has 4 rings (SSSR count). The lowest BCUT2D eigenvalue weighted by molar-refractivity contribution is -0.210. The number of amides is 1. The lowest BCUT2D eigenvalue weighted by Gasteiger charge is -2.54. The van der Waals surface area contributed by atoms with Gasteiger partial charge in [-0.05, 0) is 28.4 Å². The van der Waals surface area contributed by atoms with Crippen molar-refractivity contribution < 1.29 is 19.0 Å². The normalized spacial score (nSPS) is 20.0. The van der Waals surface area contributed by atoms with E-state index in [1.807, 2.05) is 37.3 Å². The zero-order chi connectivity index (χ0) is 19.9. The van der Waals surface area contributed by atoms with Crippen LogP contribution in [-0.4, -0.2) is 48.5 Å². The Balaban J connectivity index is 1.85. The van der Waals surface area contributed by atoms with Crippen molar-refractivity contribution in [2.24, 2.45) is 0 Å². The van der Waals surface area contributed by atoms with Crippen LogP contribution in [0.3, 0.4) is 0 Å². The third kappa shape index (κ3) is 2.78. The van der Waals surface area contributed by atoms with Gasteiger partial charge in [0, 0.05) is 19.9 Å². The minimum atomic E-state index is -0.588. The number of rotatable bonds is 5. The summed E-state index contributed by atoms with van der Waals surface area (Å²) in [6.45, 7) is 3.29. The highest BCUT2D eigenvalue weighted by molar-refractivity contribution is 9.10. The number of likely N-dealkylation sites (N-methyl/N-ethyl adjacent to an activating group) is 1. The van der Waals surface area contributed by atoms with Gasteiger partial charge >= 0.3 is 0 Å². The predicted molar refractivity (Wildman–Crippen MR) is 105 cm³/mol. The number of hydrogen-bond donors (Lipinski definition) is 0. The number of pyridine rings is 1. The zero-order valence-corrected chi connectivity index (χ0v) is 17.3. The molecular weight excluding hydrogens is 428 g/mol. The Bertz CT molecular complexity index is 955. The van der Waals surface area contributed by atoms with Gasteiger partial charge in [-0.15, -0.1) is 0 Å². The number of fused-ring (bicyclic) bond motifs is 2. The Labute approximate surface area is 170 Å². The molecule has 1 aromatic heterocycles. The number of ether oxygens (including phenoxy) is 3. The standard InChI is InChI=1S/C20H21BrN2O5/c1-3-22-18(25)15-17(28-10-13-7-5-4-6-8-13)16(24)14(21)9-23(15)20(11-27-12-20)19(22)26-2/h4-9,19H,3,10-12H2,1-2H3. The van der Waals surface area contributed by atoms with Crippen LogP contribution < -0.4 is 10.2 Å². The van der Waals surface area contributed by atoms with Gasteiger partial charge in [0.2, 0.25) is 5.43 Å². The molecule has 7 nitrogen and oxygen atoms in total. The second kappa shape index (κ2) is 7.35. The fraction of sp³-hybridized carbons (Fsp3) is 0.400. The minimum Gasteiger partial charge on any atom is -0.483 e. The second-order valence-corrected chi connectivity index (χ2v) is 7.76. The average molecular weight is 449 g/mol. The topological polar surface area (TPSA) is 70.0 Å². The smallest absolute Gasteiger partial charge is 0.276 e. The van der Waals surface area contributed by atoms with Gasteiger partial charge in [0.1, 0.15) is 12.1 Å². The van der Waals surface area contributed by atoms with Gasteiger partial charge in [-0.2, -0.15) is 0 Å². The molecule has 0 radical (unpaired) electrons. The number of methoxy groups -OCH3 is 1. The molecule has 0 saturated carbocycles. The molecule has 3 heterocycles. The molecule has 8 heteroatoms. The summed E-state index contributed by atoms with van der Waals surface area (Å²) in [4.78, 5) is 27.8. The molecule has 0 aliphatic carbocycles. The molecule has 1 atom stereocenters. The molecule has 1 saturated heterocycles. The van der Waals surface area contributed by atoms with E-state index >= 15 is 0 Å². The van der Waals surface area contributed by atoms with Gasteiger partial charge in [0.05, 0.1) is 17.7 Å². The Morgan fingerprint density at radius 3 is 2.54 bits per heavy atom. The van der Waals surface area contributed by atoms with Gasteiger partial charge in [0.25, 0.3) is 5.91 Å². The van der Waals surface area contributed by atoms with Gasteiger partial charge < -0.3 is 23.7 Å². The van der Waals surface area contributed by atoms with Crippen molar-refractivity contribution in [2.45, 2.75) is 25.3 Å². The molecule has 2 aromatic rings. The highest BCUT2D eigenvalue weighted by atomic mass is 79.9. The van der Waals surface area contributed by atoms with E-state index in [0.29, 0.717) is 24.2 Å². The summed E-state index contributed by atoms with van der Waals surface area (Å²) < 4.78 is 19.2. The summed E-state index contributed by atoms with van der Waals surface area (Å²) in [5, 5.41) is 0. The second-order valence-electron chi connectivity index (χ2n) is 6.90. The minimum absolute atomic E-state index is 0.0440. The number of carbonyl (C=O) groups excluding carboxylic acids is 1.